The van der Waals surface area contributed by atoms with Crippen LogP contribution in [-0.4, -0.2) is 26.4 Å². The summed E-state index contributed by atoms with van der Waals surface area (Å²) in [5.74, 6) is 0. The lowest BCUT2D eigenvalue weighted by atomic mass is 10.1. The molecule has 0 spiro atoms. The zero-order valence-electron chi connectivity index (χ0n) is 39.3. The van der Waals surface area contributed by atoms with Gasteiger partial charge < -0.3 is 18.1 Å². The van der Waals surface area contributed by atoms with E-state index in [2.05, 4.69) is 27.7 Å². The van der Waals surface area contributed by atoms with Crippen LogP contribution in [-0.2, 0) is 41.7 Å². The van der Waals surface area contributed by atoms with E-state index >= 15 is 0 Å². The first-order chi connectivity index (χ1) is 28.4. The van der Waals surface area contributed by atoms with Crippen molar-refractivity contribution >= 4 is 55.8 Å². The van der Waals surface area contributed by atoms with Crippen LogP contribution in [0.25, 0.3) is 0 Å². The van der Waals surface area contributed by atoms with Crippen LogP contribution in [0.5, 0.6) is 0 Å². The monoisotopic (exact) mass is 931 g/mol. The lowest BCUT2D eigenvalue weighted by Crippen LogP contribution is -1.99. The maximum Gasteiger partial charge on any atom is 0.258 e. The average molecular weight is 932 g/mol. The summed E-state index contributed by atoms with van der Waals surface area (Å²) in [4.78, 5) is 0. The molecule has 4 nitrogen and oxygen atoms in total. The molecule has 0 aromatic rings. The molecule has 0 heterocycles. The molecule has 0 atom stereocenters. The summed E-state index contributed by atoms with van der Waals surface area (Å²) in [5, 5.41) is 0. The predicted molar refractivity (Wildman–Crippen MR) is 275 cm³/mol. The van der Waals surface area contributed by atoms with Gasteiger partial charge in [0.15, 0.2) is 0 Å². The van der Waals surface area contributed by atoms with Crippen LogP contribution < -0.4 is 0 Å². The van der Waals surface area contributed by atoms with E-state index in [1.54, 1.807) is 20.8 Å². The summed E-state index contributed by atoms with van der Waals surface area (Å²) >= 11 is 12.5. The zero-order chi connectivity index (χ0) is 42.4. The standard InChI is InChI=1S/C48H100O4P2S4/c1-5-9-13-17-21-25-29-33-37-41-45-49-53(55,50-46-42-38-34-30-26-22-18-14-10-6-2)57-58-54(56,51-47-43-39-35-31-27-23-19-15-11-7-3)52-48-44-40-36-32-28-24-20-16-12-8-4/h5-48H2,1-4H3. The van der Waals surface area contributed by atoms with Gasteiger partial charge in [-0.1, -0.05) is 259 Å². The molecule has 0 aromatic carbocycles. The Morgan fingerprint density at radius 1 is 0.241 bits per heavy atom. The predicted octanol–water partition coefficient (Wildman–Crippen LogP) is 20.6. The molecule has 0 radical (unpaired) electrons. The van der Waals surface area contributed by atoms with Gasteiger partial charge in [0.25, 0.3) is 11.4 Å². The van der Waals surface area contributed by atoms with Gasteiger partial charge >= 0.3 is 0 Å². The maximum absolute atomic E-state index is 6.52. The van der Waals surface area contributed by atoms with E-state index in [0.29, 0.717) is 26.4 Å². The van der Waals surface area contributed by atoms with Crippen molar-refractivity contribution in [1.29, 1.82) is 0 Å². The third-order valence-corrected chi connectivity index (χ3v) is 26.4. The minimum Gasteiger partial charge on any atom is -0.321 e. The molecular formula is C48H100O4P2S4. The second-order valence-corrected chi connectivity index (χ2v) is 31.0. The zero-order valence-corrected chi connectivity index (χ0v) is 44.3. The minimum atomic E-state index is -2.59. The van der Waals surface area contributed by atoms with E-state index in [4.69, 9.17) is 41.7 Å². The molecule has 0 aliphatic heterocycles. The second kappa shape index (κ2) is 48.3. The summed E-state index contributed by atoms with van der Waals surface area (Å²) in [7, 11) is 3.11. The van der Waals surface area contributed by atoms with Crippen molar-refractivity contribution in [2.75, 3.05) is 26.4 Å². The molecule has 0 N–H and O–H groups in total. The lowest BCUT2D eigenvalue weighted by Gasteiger charge is -2.25. The maximum atomic E-state index is 6.52. The summed E-state index contributed by atoms with van der Waals surface area (Å²) in [6, 6.07) is 0. The van der Waals surface area contributed by atoms with Crippen LogP contribution in [0.2, 0.25) is 0 Å². The van der Waals surface area contributed by atoms with E-state index in [9.17, 15) is 0 Å². The van der Waals surface area contributed by atoms with Crippen LogP contribution in [0.3, 0.4) is 0 Å². The first-order valence-corrected chi connectivity index (χ1v) is 34.2. The van der Waals surface area contributed by atoms with Crippen molar-refractivity contribution in [3.8, 4) is 0 Å². The Kier molecular flexibility index (Phi) is 49.8. The van der Waals surface area contributed by atoms with E-state index in [-0.39, 0.29) is 0 Å². The van der Waals surface area contributed by atoms with Crippen molar-refractivity contribution in [2.45, 2.75) is 285 Å². The SMILES string of the molecule is CCCCCCCCCCCCOP(=S)(OCCCCCCCCCCCC)SSP(=S)(OCCCCCCCCCCCC)OCCCCCCCCCCCC. The Morgan fingerprint density at radius 2 is 0.379 bits per heavy atom. The number of unbranched alkanes of at least 4 members (excludes halogenated alkanes) is 36. The Bertz CT molecular complexity index is 770. The molecule has 0 aromatic heterocycles. The molecule has 0 aliphatic rings. The van der Waals surface area contributed by atoms with Crippen molar-refractivity contribution in [1.82, 2.24) is 0 Å². The van der Waals surface area contributed by atoms with Crippen LogP contribution in [0.4, 0.5) is 0 Å². The van der Waals surface area contributed by atoms with E-state index in [1.807, 2.05) is 0 Å². The summed E-state index contributed by atoms with van der Waals surface area (Å²) in [5.41, 5.74) is -5.18. The third-order valence-electron chi connectivity index (χ3n) is 11.2. The molecule has 0 saturated heterocycles. The molecule has 10 heteroatoms. The Morgan fingerprint density at radius 3 is 0.534 bits per heavy atom. The van der Waals surface area contributed by atoms with Gasteiger partial charge in [0.2, 0.25) is 0 Å². The van der Waals surface area contributed by atoms with Crippen molar-refractivity contribution in [2.24, 2.45) is 0 Å². The molecule has 0 saturated carbocycles. The van der Waals surface area contributed by atoms with Gasteiger partial charge in [0.05, 0.1) is 26.4 Å². The fourth-order valence-electron chi connectivity index (χ4n) is 7.31. The van der Waals surface area contributed by atoms with Crippen molar-refractivity contribution in [3.63, 3.8) is 0 Å². The first kappa shape index (κ1) is 59.8. The van der Waals surface area contributed by atoms with Crippen LogP contribution in [0, 0.1) is 0 Å². The molecule has 0 bridgehead atoms. The summed E-state index contributed by atoms with van der Waals surface area (Å²) in [6.07, 6.45) is 52.3. The highest BCUT2D eigenvalue weighted by atomic mass is 33.5. The highest BCUT2D eigenvalue weighted by molar-refractivity contribution is 9.17. The molecule has 0 unspecified atom stereocenters. The van der Waals surface area contributed by atoms with E-state index in [0.717, 1.165) is 25.7 Å². The van der Waals surface area contributed by atoms with Crippen molar-refractivity contribution < 1.29 is 18.1 Å². The Balaban J connectivity index is 5.04. The van der Waals surface area contributed by atoms with Gasteiger partial charge in [-0.2, -0.15) is 0 Å². The van der Waals surface area contributed by atoms with Crippen LogP contribution in [0.15, 0.2) is 0 Å². The molecule has 0 aliphatic carbocycles. The minimum absolute atomic E-state index is 0.668. The number of hydrogen-bond donors (Lipinski definition) is 0. The molecular weight excluding hydrogens is 831 g/mol. The smallest absolute Gasteiger partial charge is 0.258 e. The lowest BCUT2D eigenvalue weighted by molar-refractivity contribution is 0.248. The van der Waals surface area contributed by atoms with Gasteiger partial charge in [-0.25, -0.2) is 0 Å². The van der Waals surface area contributed by atoms with Gasteiger partial charge in [-0.05, 0) is 49.3 Å². The van der Waals surface area contributed by atoms with Crippen LogP contribution in [0.1, 0.15) is 285 Å². The molecule has 0 fully saturated rings. The second-order valence-electron chi connectivity index (χ2n) is 17.1. The highest BCUT2D eigenvalue weighted by Gasteiger charge is 2.29. The largest absolute Gasteiger partial charge is 0.321 e. The molecule has 0 amide bonds. The Hall–Kier alpha value is 1.84. The third kappa shape index (κ3) is 44.4. The normalized spacial score (nSPS) is 12.3. The molecule has 0 rings (SSSR count). The number of rotatable bonds is 51. The topological polar surface area (TPSA) is 36.9 Å². The first-order valence-electron chi connectivity index (χ1n) is 25.6. The summed E-state index contributed by atoms with van der Waals surface area (Å²) < 4.78 is 26.1. The van der Waals surface area contributed by atoms with Gasteiger partial charge in [-0.3, -0.25) is 0 Å². The highest BCUT2D eigenvalue weighted by Crippen LogP contribution is 2.77. The van der Waals surface area contributed by atoms with E-state index in [1.165, 1.54) is 231 Å². The number of hydrogen-bond acceptors (Lipinski definition) is 8. The van der Waals surface area contributed by atoms with Gasteiger partial charge in [0, 0.05) is 20.8 Å². The Labute approximate surface area is 382 Å². The molecule has 58 heavy (non-hydrogen) atoms. The van der Waals surface area contributed by atoms with Crippen LogP contribution >= 0.6 is 32.2 Å². The fourth-order valence-corrected chi connectivity index (χ4v) is 23.8. The van der Waals surface area contributed by atoms with Crippen molar-refractivity contribution in [3.05, 3.63) is 0 Å². The average Bonchev–Trinajstić information content (AvgIpc) is 3.22. The quantitative estimate of drug-likeness (QED) is 0.0339. The fraction of sp³-hybridized carbons (Fsp3) is 1.00. The summed E-state index contributed by atoms with van der Waals surface area (Å²) in [6.45, 7) is 11.8. The van der Waals surface area contributed by atoms with Gasteiger partial charge in [-0.15, -0.1) is 0 Å². The van der Waals surface area contributed by atoms with Gasteiger partial charge in [0.1, 0.15) is 0 Å². The van der Waals surface area contributed by atoms with E-state index < -0.39 is 11.4 Å². The molecule has 350 valence electrons.